The quantitative estimate of drug-likeness (QED) is 0.742. The monoisotopic (exact) mass is 276 g/mol. The highest BCUT2D eigenvalue weighted by Gasteiger charge is 2.18. The summed E-state index contributed by atoms with van der Waals surface area (Å²) in [5, 5.41) is 9.81. The van der Waals surface area contributed by atoms with Crippen molar-refractivity contribution in [2.45, 2.75) is 39.9 Å². The van der Waals surface area contributed by atoms with Crippen molar-refractivity contribution in [2.75, 3.05) is 6.61 Å². The van der Waals surface area contributed by atoms with Crippen molar-refractivity contribution in [3.05, 3.63) is 47.5 Å². The van der Waals surface area contributed by atoms with Gasteiger partial charge in [0.15, 0.2) is 0 Å². The summed E-state index contributed by atoms with van der Waals surface area (Å²) in [4.78, 5) is 11.9. The standard InChI is InChI=1S/C17H24O3/c1-4-13(2)16(18)10-17(19)14(3)11-20-12-15-8-6-5-7-9-15/h4-9,14,16,18H,10-12H2,1-3H3/b13-4+/t14-,16+/m1/s1. The van der Waals surface area contributed by atoms with E-state index in [0.29, 0.717) is 13.2 Å². The molecule has 0 aromatic heterocycles. The third kappa shape index (κ3) is 5.68. The molecule has 0 aliphatic carbocycles. The first kappa shape index (κ1) is 16.6. The molecule has 0 saturated heterocycles. The molecule has 0 radical (unpaired) electrons. The number of allylic oxidation sites excluding steroid dienone is 1. The number of aliphatic hydroxyl groups excluding tert-OH is 1. The van der Waals surface area contributed by atoms with Gasteiger partial charge in [-0.3, -0.25) is 4.79 Å². The summed E-state index contributed by atoms with van der Waals surface area (Å²) in [5.74, 6) is -0.162. The molecule has 1 N–H and O–H groups in total. The predicted molar refractivity (Wildman–Crippen MR) is 80.3 cm³/mol. The lowest BCUT2D eigenvalue weighted by atomic mass is 9.98. The first-order valence-electron chi connectivity index (χ1n) is 6.99. The maximum absolute atomic E-state index is 11.9. The van der Waals surface area contributed by atoms with Crippen LogP contribution in [0.15, 0.2) is 42.0 Å². The Balaban J connectivity index is 2.32. The van der Waals surface area contributed by atoms with Gasteiger partial charge >= 0.3 is 0 Å². The highest BCUT2D eigenvalue weighted by molar-refractivity contribution is 5.81. The zero-order chi connectivity index (χ0) is 15.0. The maximum Gasteiger partial charge on any atom is 0.140 e. The van der Waals surface area contributed by atoms with E-state index in [0.717, 1.165) is 11.1 Å². The number of benzene rings is 1. The van der Waals surface area contributed by atoms with E-state index in [2.05, 4.69) is 0 Å². The van der Waals surface area contributed by atoms with Crippen molar-refractivity contribution in [3.63, 3.8) is 0 Å². The molecule has 0 unspecified atom stereocenters. The fourth-order valence-electron chi connectivity index (χ4n) is 1.77. The van der Waals surface area contributed by atoms with E-state index in [1.54, 1.807) is 0 Å². The minimum atomic E-state index is -0.677. The van der Waals surface area contributed by atoms with Crippen molar-refractivity contribution in [1.29, 1.82) is 0 Å². The molecule has 20 heavy (non-hydrogen) atoms. The Morgan fingerprint density at radius 3 is 2.60 bits per heavy atom. The van der Waals surface area contributed by atoms with Crippen molar-refractivity contribution in [1.82, 2.24) is 0 Å². The third-order valence-electron chi connectivity index (χ3n) is 3.40. The normalized spacial score (nSPS) is 14.9. The molecule has 3 heteroatoms. The third-order valence-corrected chi connectivity index (χ3v) is 3.40. The highest BCUT2D eigenvalue weighted by Crippen LogP contribution is 2.11. The zero-order valence-electron chi connectivity index (χ0n) is 12.5. The van der Waals surface area contributed by atoms with E-state index in [9.17, 15) is 9.90 Å². The Bertz CT molecular complexity index is 437. The number of carbonyl (C=O) groups excluding carboxylic acids is 1. The Morgan fingerprint density at radius 2 is 2.00 bits per heavy atom. The molecule has 3 nitrogen and oxygen atoms in total. The van der Waals surface area contributed by atoms with E-state index in [1.165, 1.54) is 0 Å². The second-order valence-electron chi connectivity index (χ2n) is 5.12. The van der Waals surface area contributed by atoms with Gasteiger partial charge in [0.05, 0.1) is 19.3 Å². The number of ketones is 1. The van der Waals surface area contributed by atoms with Crippen LogP contribution in [0.3, 0.4) is 0 Å². The molecule has 1 aromatic rings. The summed E-state index contributed by atoms with van der Waals surface area (Å²) in [6.07, 6.45) is 1.31. The highest BCUT2D eigenvalue weighted by atomic mass is 16.5. The largest absolute Gasteiger partial charge is 0.388 e. The molecule has 1 rings (SSSR count). The Hall–Kier alpha value is -1.45. The summed E-state index contributed by atoms with van der Waals surface area (Å²) >= 11 is 0. The van der Waals surface area contributed by atoms with Gasteiger partial charge in [0, 0.05) is 12.3 Å². The van der Waals surface area contributed by atoms with E-state index in [-0.39, 0.29) is 18.1 Å². The van der Waals surface area contributed by atoms with Crippen molar-refractivity contribution < 1.29 is 14.6 Å². The first-order chi connectivity index (χ1) is 9.54. The zero-order valence-corrected chi connectivity index (χ0v) is 12.5. The lowest BCUT2D eigenvalue weighted by Gasteiger charge is -2.15. The minimum absolute atomic E-state index is 0.0340. The lowest BCUT2D eigenvalue weighted by molar-refractivity contribution is -0.125. The summed E-state index contributed by atoms with van der Waals surface area (Å²) in [6, 6.07) is 9.87. The average molecular weight is 276 g/mol. The molecule has 0 bridgehead atoms. The number of rotatable bonds is 8. The Morgan fingerprint density at radius 1 is 1.35 bits per heavy atom. The molecular formula is C17H24O3. The summed E-state index contributed by atoms with van der Waals surface area (Å²) in [5.41, 5.74) is 1.92. The van der Waals surface area contributed by atoms with Crippen LogP contribution < -0.4 is 0 Å². The number of carbonyl (C=O) groups is 1. The van der Waals surface area contributed by atoms with Crippen LogP contribution in [0.25, 0.3) is 0 Å². The number of Topliss-reactive ketones (excluding diaryl/α,β-unsaturated/α-hetero) is 1. The summed E-state index contributed by atoms with van der Waals surface area (Å²) in [7, 11) is 0. The van der Waals surface area contributed by atoms with Crippen LogP contribution in [0.1, 0.15) is 32.8 Å². The van der Waals surface area contributed by atoms with Gasteiger partial charge in [0.25, 0.3) is 0 Å². The molecule has 1 aromatic carbocycles. The minimum Gasteiger partial charge on any atom is -0.388 e. The van der Waals surface area contributed by atoms with Crippen LogP contribution in [0.5, 0.6) is 0 Å². The number of hydrogen-bond donors (Lipinski definition) is 1. The average Bonchev–Trinajstić information content (AvgIpc) is 2.47. The maximum atomic E-state index is 11.9. The molecule has 0 aliphatic rings. The smallest absolute Gasteiger partial charge is 0.140 e. The van der Waals surface area contributed by atoms with E-state index in [4.69, 9.17) is 4.74 Å². The van der Waals surface area contributed by atoms with E-state index >= 15 is 0 Å². The molecular weight excluding hydrogens is 252 g/mol. The van der Waals surface area contributed by atoms with Crippen molar-refractivity contribution >= 4 is 5.78 Å². The van der Waals surface area contributed by atoms with Gasteiger partial charge in [0.1, 0.15) is 5.78 Å². The number of aliphatic hydroxyl groups is 1. The van der Waals surface area contributed by atoms with Crippen LogP contribution in [-0.2, 0) is 16.1 Å². The van der Waals surface area contributed by atoms with Crippen LogP contribution in [0.2, 0.25) is 0 Å². The van der Waals surface area contributed by atoms with Crippen LogP contribution >= 0.6 is 0 Å². The van der Waals surface area contributed by atoms with Gasteiger partial charge < -0.3 is 9.84 Å². The molecule has 0 heterocycles. The molecule has 0 spiro atoms. The fraction of sp³-hybridized carbons (Fsp3) is 0.471. The Labute approximate surface area is 121 Å². The Kier molecular flexibility index (Phi) is 7.20. The van der Waals surface area contributed by atoms with Gasteiger partial charge in [0.2, 0.25) is 0 Å². The van der Waals surface area contributed by atoms with E-state index < -0.39 is 6.10 Å². The summed E-state index contributed by atoms with van der Waals surface area (Å²) < 4.78 is 5.55. The van der Waals surface area contributed by atoms with Gasteiger partial charge in [-0.05, 0) is 25.0 Å². The van der Waals surface area contributed by atoms with Crippen molar-refractivity contribution in [3.8, 4) is 0 Å². The molecule has 0 amide bonds. The molecule has 110 valence electrons. The topological polar surface area (TPSA) is 46.5 Å². The molecule has 0 fully saturated rings. The van der Waals surface area contributed by atoms with Crippen LogP contribution in [-0.4, -0.2) is 23.6 Å². The first-order valence-corrected chi connectivity index (χ1v) is 6.99. The van der Waals surface area contributed by atoms with Crippen LogP contribution in [0, 0.1) is 5.92 Å². The number of hydrogen-bond acceptors (Lipinski definition) is 3. The van der Waals surface area contributed by atoms with E-state index in [1.807, 2.05) is 57.2 Å². The van der Waals surface area contributed by atoms with Gasteiger partial charge in [-0.15, -0.1) is 0 Å². The predicted octanol–water partition coefficient (Wildman–Crippen LogP) is 3.13. The number of ether oxygens (including phenoxy) is 1. The van der Waals surface area contributed by atoms with Crippen LogP contribution in [0.4, 0.5) is 0 Å². The molecule has 0 saturated carbocycles. The molecule has 0 aliphatic heterocycles. The van der Waals surface area contributed by atoms with Crippen molar-refractivity contribution in [2.24, 2.45) is 5.92 Å². The van der Waals surface area contributed by atoms with Gasteiger partial charge in [-0.2, -0.15) is 0 Å². The van der Waals surface area contributed by atoms with Gasteiger partial charge in [-0.25, -0.2) is 0 Å². The second kappa shape index (κ2) is 8.67. The summed E-state index contributed by atoms with van der Waals surface area (Å²) in [6.45, 7) is 6.42. The molecule has 2 atom stereocenters. The van der Waals surface area contributed by atoms with Gasteiger partial charge in [-0.1, -0.05) is 43.3 Å². The lowest BCUT2D eigenvalue weighted by Crippen LogP contribution is -2.23. The SMILES string of the molecule is C/C=C(\C)[C@@H](O)CC(=O)[C@H](C)COCc1ccccc1. The second-order valence-corrected chi connectivity index (χ2v) is 5.12. The fourth-order valence-corrected chi connectivity index (χ4v) is 1.77.